The highest BCUT2D eigenvalue weighted by atomic mass is 32.2. The number of nitrogens with zero attached hydrogens (tertiary/aromatic N) is 7. The fourth-order valence-corrected chi connectivity index (χ4v) is 19.3. The van der Waals surface area contributed by atoms with E-state index in [1.807, 2.05) is 0 Å². The van der Waals surface area contributed by atoms with E-state index in [9.17, 15) is 63.9 Å². The lowest BCUT2D eigenvalue weighted by molar-refractivity contribution is -0.149. The first-order valence-electron chi connectivity index (χ1n) is 48.3. The molecule has 47 heteroatoms. The van der Waals surface area contributed by atoms with Gasteiger partial charge in [-0.05, 0) is 138 Å². The van der Waals surface area contributed by atoms with Gasteiger partial charge in [0.2, 0.25) is 94.5 Å². The van der Waals surface area contributed by atoms with Crippen LogP contribution in [0.5, 0.6) is 5.75 Å². The molecular weight excluding hydrogens is 1880 g/mol. The SMILES string of the molecule is CCCC[C@H]1C(=O)N(C)[C@@H](CCCC)C(=O)N[C@@H](CC(=O)O)C(=O)N[C@H](C(=O)NCC(N)=O)CSCC(=O)N[C@@H](Cc2ccc(O)cc2)C(=O)N2CCCC[C@H]2C(=O)N[C@@H](CC(=O)O)C(=O)N2CCC[C@H]2C(=O)N[C@@H](Cc2cnc[nH]2)C(=O)N[C@@H](CCCCN)C(=O)N2C[C@H](O)C[C@H]2C(=O)N[C@@H](Cc2c[nH]c3ccccc23)C(=O)N[C@@H](CCCCN)C(=O)N[C@@H](Cc2cn(CC(=O)O)c3ccccc23)C(=O)N1C. The van der Waals surface area contributed by atoms with Crippen LogP contribution in [-0.4, -0.2) is 338 Å². The number of primary amides is 1. The van der Waals surface area contributed by atoms with Gasteiger partial charge in [0, 0.05) is 118 Å². The fraction of sp³-hybridized carbons (Fsp3) is 0.542. The maximum absolute atomic E-state index is 16.1. The van der Waals surface area contributed by atoms with Gasteiger partial charge in [0.25, 0.3) is 0 Å². The number of fused-ring (bicyclic) bond motifs is 5. The highest BCUT2D eigenvalue weighted by Gasteiger charge is 2.48. The summed E-state index contributed by atoms with van der Waals surface area (Å²) in [4.78, 5) is 294. The molecule has 4 fully saturated rings. The molecule has 4 aliphatic rings. The minimum Gasteiger partial charge on any atom is -0.508 e. The van der Waals surface area contributed by atoms with Gasteiger partial charge in [0.15, 0.2) is 0 Å². The second-order valence-corrected chi connectivity index (χ2v) is 37.6. The number of amides is 16. The monoisotopic (exact) mass is 2010 g/mol. The van der Waals surface area contributed by atoms with Crippen molar-refractivity contribution in [2.75, 3.05) is 64.9 Å². The van der Waals surface area contributed by atoms with Crippen molar-refractivity contribution in [1.82, 2.24) is 97.2 Å². The van der Waals surface area contributed by atoms with Crippen LogP contribution in [0.3, 0.4) is 0 Å². The first-order valence-corrected chi connectivity index (χ1v) is 49.5. The van der Waals surface area contributed by atoms with Gasteiger partial charge >= 0.3 is 17.9 Å². The Morgan fingerprint density at radius 3 is 1.66 bits per heavy atom. The Balaban J connectivity index is 1.05. The van der Waals surface area contributed by atoms with E-state index in [1.54, 1.807) is 68.6 Å². The second-order valence-electron chi connectivity index (χ2n) is 36.5. The van der Waals surface area contributed by atoms with Crippen molar-refractivity contribution < 1.29 is 117 Å². The van der Waals surface area contributed by atoms with Gasteiger partial charge in [-0.3, -0.25) is 91.1 Å². The smallest absolute Gasteiger partial charge is 0.323 e. The molecule has 0 unspecified atom stereocenters. The van der Waals surface area contributed by atoms with Gasteiger partial charge in [-0.1, -0.05) is 88.1 Å². The van der Waals surface area contributed by atoms with Gasteiger partial charge in [-0.2, -0.15) is 0 Å². The van der Waals surface area contributed by atoms with E-state index in [0.29, 0.717) is 82.4 Å². The zero-order valence-electron chi connectivity index (χ0n) is 80.5. The Hall–Kier alpha value is -14.1. The Labute approximate surface area is 828 Å². The van der Waals surface area contributed by atoms with Crippen LogP contribution in [0.4, 0.5) is 0 Å². The summed E-state index contributed by atoms with van der Waals surface area (Å²) >= 11 is 0.682. The van der Waals surface area contributed by atoms with E-state index in [1.165, 1.54) is 61.6 Å². The number of hydrogen-bond acceptors (Lipinski definition) is 25. The molecule has 16 amide bonds. The summed E-state index contributed by atoms with van der Waals surface area (Å²) in [5.74, 6) is -21.7. The number of thioether (sulfide) groups is 1. The number of aliphatic hydroxyl groups excluding tert-OH is 1. The summed E-state index contributed by atoms with van der Waals surface area (Å²) < 4.78 is 1.42. The number of rotatable bonds is 31. The number of aromatic nitrogens is 4. The number of H-pyrrole nitrogens is 2. The molecule has 0 spiro atoms. The minimum absolute atomic E-state index is 0.0598. The molecule has 6 aromatic rings. The van der Waals surface area contributed by atoms with E-state index in [4.69, 9.17) is 17.2 Å². The van der Waals surface area contributed by atoms with Crippen LogP contribution in [-0.2, 0) is 123 Å². The number of benzene rings is 3. The first kappa shape index (κ1) is 111. The Kier molecular flexibility index (Phi) is 41.6. The number of imidazole rings is 1. The van der Waals surface area contributed by atoms with Crippen molar-refractivity contribution in [2.24, 2.45) is 17.2 Å². The number of unbranched alkanes of at least 4 members (excludes halogenated alkanes) is 4. The number of aliphatic carboxylic acids is 3. The van der Waals surface area contributed by atoms with Crippen LogP contribution in [0, 0.1) is 0 Å². The van der Waals surface area contributed by atoms with Crippen LogP contribution >= 0.6 is 11.8 Å². The molecular formula is C96H132N22O24S. The number of para-hydroxylation sites is 2. The van der Waals surface area contributed by atoms with Gasteiger partial charge in [-0.25, -0.2) is 4.98 Å². The lowest BCUT2D eigenvalue weighted by Crippen LogP contribution is -2.61. The van der Waals surface area contributed by atoms with Gasteiger partial charge in [-0.15, -0.1) is 11.8 Å². The molecule has 46 nitrogen and oxygen atoms in total. The molecule has 4 aliphatic heterocycles. The van der Waals surface area contributed by atoms with Crippen molar-refractivity contribution in [2.45, 2.75) is 265 Å². The van der Waals surface area contributed by atoms with E-state index < -0.39 is 260 Å². The number of carboxylic acids is 3. The normalized spacial score (nSPS) is 24.5. The maximum Gasteiger partial charge on any atom is 0.323 e. The highest BCUT2D eigenvalue weighted by Crippen LogP contribution is 2.30. The molecule has 4 saturated heterocycles. The Morgan fingerprint density at radius 2 is 1.03 bits per heavy atom. The highest BCUT2D eigenvalue weighted by molar-refractivity contribution is 8.00. The zero-order valence-corrected chi connectivity index (χ0v) is 81.3. The van der Waals surface area contributed by atoms with Crippen LogP contribution in [0.2, 0.25) is 0 Å². The average Bonchev–Trinajstić information content (AvgIpc) is 1.63. The van der Waals surface area contributed by atoms with Crippen molar-refractivity contribution in [1.29, 1.82) is 0 Å². The number of phenolic OH excluding ortho intramolecular Hbond substituents is 1. The van der Waals surface area contributed by atoms with Crippen LogP contribution in [0.25, 0.3) is 21.8 Å². The number of aromatic amines is 2. The number of nitrogens with two attached hydrogens (primary N) is 3. The molecule has 0 aliphatic carbocycles. The molecule has 143 heavy (non-hydrogen) atoms. The largest absolute Gasteiger partial charge is 0.508 e. The summed E-state index contributed by atoms with van der Waals surface area (Å²) in [6.45, 7) is 1.65. The van der Waals surface area contributed by atoms with Crippen LogP contribution in [0.15, 0.2) is 97.7 Å². The molecule has 3 aromatic heterocycles. The average molecular weight is 2010 g/mol. The van der Waals surface area contributed by atoms with Gasteiger partial charge in [0.1, 0.15) is 96.9 Å². The zero-order chi connectivity index (χ0) is 104. The number of phenols is 1. The van der Waals surface area contributed by atoms with E-state index >= 15 is 52.7 Å². The molecule has 7 heterocycles. The number of carbonyl (C=O) groups is 19. The maximum atomic E-state index is 16.1. The second kappa shape index (κ2) is 53.7. The molecule has 776 valence electrons. The number of aliphatic hydroxyl groups is 1. The lowest BCUT2D eigenvalue weighted by Gasteiger charge is -2.38. The third kappa shape index (κ3) is 31.0. The molecule has 15 atom stereocenters. The fourth-order valence-electron chi connectivity index (χ4n) is 18.5. The third-order valence-electron chi connectivity index (χ3n) is 26.0. The quantitative estimate of drug-likeness (QED) is 0.0213. The van der Waals surface area contributed by atoms with Gasteiger partial charge < -0.3 is 135 Å². The predicted octanol–water partition coefficient (Wildman–Crippen LogP) is -1.81. The van der Waals surface area contributed by atoms with E-state index in [-0.39, 0.29) is 134 Å². The summed E-state index contributed by atoms with van der Waals surface area (Å²) in [6.07, 6.45) is 2.70. The molecule has 0 radical (unpaired) electrons. The summed E-state index contributed by atoms with van der Waals surface area (Å²) in [5.41, 5.74) is 20.0. The predicted molar refractivity (Wildman–Crippen MR) is 519 cm³/mol. The first-order chi connectivity index (χ1) is 68.4. The van der Waals surface area contributed by atoms with Gasteiger partial charge in [0.05, 0.1) is 37.6 Å². The number of piperidine rings is 1. The number of nitrogens with one attached hydrogen (secondary N) is 12. The summed E-state index contributed by atoms with van der Waals surface area (Å²) in [7, 11) is 2.54. The Morgan fingerprint density at radius 1 is 0.497 bits per heavy atom. The number of carbonyl (C=O) groups excluding carboxylic acids is 16. The van der Waals surface area contributed by atoms with Crippen LogP contribution in [0.1, 0.15) is 165 Å². The number of hydrogen-bond donors (Lipinski definition) is 20. The van der Waals surface area contributed by atoms with Crippen LogP contribution < -0.4 is 70.4 Å². The van der Waals surface area contributed by atoms with E-state index in [2.05, 4.69) is 68.1 Å². The van der Waals surface area contributed by atoms with Crippen molar-refractivity contribution >= 4 is 146 Å². The van der Waals surface area contributed by atoms with E-state index in [0.717, 1.165) is 24.5 Å². The number of aromatic hydroxyl groups is 1. The number of likely N-dealkylation sites (N-methyl/N-ethyl adjacent to an activating group) is 2. The van der Waals surface area contributed by atoms with Crippen molar-refractivity contribution in [3.05, 3.63) is 120 Å². The van der Waals surface area contributed by atoms with Crippen molar-refractivity contribution in [3.63, 3.8) is 0 Å². The molecule has 23 N–H and O–H groups in total. The molecule has 3 aromatic carbocycles. The summed E-state index contributed by atoms with van der Waals surface area (Å²) in [5, 5.41) is 80.2. The Bertz CT molecular complexity index is 5520. The molecule has 0 bridgehead atoms. The lowest BCUT2D eigenvalue weighted by atomic mass is 9.97. The minimum atomic E-state index is -2.05. The standard InChI is InChI=1S/C96H132N22O24S/c1-5-7-25-73-88(134)109-67(43-80(123)124)87(133)112-71(83(129)102-47-78(99)121)51-143-52-79(122)104-68(38-54-30-32-58(119)33-31-54)94(140)116-36-18-15-28-74(116)90(136)111-70(44-81(125)126)95(141)117-37-19-29-75(117)89(135)108-66(41-57-46-100-53-103-57)86(132)106-64(24-14-17-35-98)93(139)118-49-59(120)42-77(118)91(137)107-65(39-55-45-101-62-22-11-9-20-60(55)62)85(131)105-63(23-13-16-34-97)84(130)110-69(92(138)114(4)76(26-8-6-2)96(142)113(73)3)40-56-48-115(50-82(127)128)72-27-12-10-21-61(56)72/h9-12,20-22,27,30-33,45-46,48,53,59,63-71,73-77,101,119-120H,5-8,13-19,23-26,28-29,34-44,47,49-52,97-98H2,1-4H3,(H2,99,121)(H,100,103)(H,102,129)(H,104,122)(H,105,131)(H,106,132)(H,107,137)(H,108,135)(H,109,134)(H,110,130)(H,111,136)(H,112,133)(H,123,124)(H,125,126)(H,127,128)/t59-,63+,64+,65+,66+,67+,68+,69+,70+,71+,73+,74+,75+,76+,77+/m1/s1. The molecule has 10 rings (SSSR count). The third-order valence-corrected chi connectivity index (χ3v) is 27.0. The molecule has 0 saturated carbocycles. The van der Waals surface area contributed by atoms with Crippen molar-refractivity contribution in [3.8, 4) is 5.75 Å². The summed E-state index contributed by atoms with van der Waals surface area (Å²) in [6, 6.07) is -3.74. The topological polar surface area (TPSA) is 689 Å². The number of carboxylic acid groups (broad SMARTS) is 3.